The number of halogens is 3. The summed E-state index contributed by atoms with van der Waals surface area (Å²) in [4.78, 5) is 19.4. The highest BCUT2D eigenvalue weighted by Crippen LogP contribution is 2.30. The minimum atomic E-state index is -4.39. The molecule has 0 saturated carbocycles. The van der Waals surface area contributed by atoms with Crippen LogP contribution in [0.25, 0.3) is 16.8 Å². The van der Waals surface area contributed by atoms with Gasteiger partial charge >= 0.3 is 12.1 Å². The zero-order chi connectivity index (χ0) is 18.5. The van der Waals surface area contributed by atoms with Gasteiger partial charge in [-0.25, -0.2) is 14.3 Å². The monoisotopic (exact) mass is 361 g/mol. The molecule has 132 valence electrons. The fourth-order valence-electron chi connectivity index (χ4n) is 2.55. The number of fused-ring (bicyclic) bond motifs is 3. The molecule has 2 aromatic heterocycles. The van der Waals surface area contributed by atoms with E-state index in [1.165, 1.54) is 24.3 Å². The van der Waals surface area contributed by atoms with Crippen LogP contribution in [0, 0.1) is 0 Å². The number of hydrogen-bond donors (Lipinski definition) is 3. The zero-order valence-electron chi connectivity index (χ0n) is 12.9. The number of imidazole rings is 1. The van der Waals surface area contributed by atoms with Crippen LogP contribution in [0.2, 0.25) is 0 Å². The van der Waals surface area contributed by atoms with Crippen LogP contribution in [-0.4, -0.2) is 30.7 Å². The van der Waals surface area contributed by atoms with Crippen molar-refractivity contribution in [2.24, 2.45) is 0 Å². The Balaban J connectivity index is 1.64. The number of alkyl halides is 3. The lowest BCUT2D eigenvalue weighted by molar-refractivity contribution is -0.137. The normalized spacial score (nSPS) is 12.0. The summed E-state index contributed by atoms with van der Waals surface area (Å²) in [6.07, 6.45) is -4.39. The summed E-state index contributed by atoms with van der Waals surface area (Å²) in [5.41, 5.74) is 0.883. The summed E-state index contributed by atoms with van der Waals surface area (Å²) >= 11 is 0. The van der Waals surface area contributed by atoms with E-state index in [9.17, 15) is 18.0 Å². The van der Waals surface area contributed by atoms with E-state index >= 15 is 0 Å². The van der Waals surface area contributed by atoms with Gasteiger partial charge in [-0.15, -0.1) is 0 Å². The molecule has 0 aliphatic heterocycles. The highest BCUT2D eigenvalue weighted by Gasteiger charge is 2.29. The Morgan fingerprint density at radius 3 is 2.50 bits per heavy atom. The van der Waals surface area contributed by atoms with Gasteiger partial charge in [-0.1, -0.05) is 0 Å². The van der Waals surface area contributed by atoms with Crippen LogP contribution in [0.15, 0.2) is 42.5 Å². The maximum Gasteiger partial charge on any atom is 0.416 e. The number of benzene rings is 2. The number of rotatable bonds is 3. The summed E-state index contributed by atoms with van der Waals surface area (Å²) in [5.74, 6) is -0.463. The lowest BCUT2D eigenvalue weighted by Crippen LogP contribution is -2.04. The molecule has 0 fully saturated rings. The molecule has 26 heavy (non-hydrogen) atoms. The average Bonchev–Trinajstić information content (AvgIpc) is 3.10. The molecule has 10 heteroatoms. The summed E-state index contributed by atoms with van der Waals surface area (Å²) in [6.45, 7) is 0. The van der Waals surface area contributed by atoms with Gasteiger partial charge in [0.15, 0.2) is 0 Å². The van der Waals surface area contributed by atoms with Gasteiger partial charge in [-0.3, -0.25) is 5.10 Å². The second kappa shape index (κ2) is 5.48. The van der Waals surface area contributed by atoms with Crippen LogP contribution in [0.3, 0.4) is 0 Å². The largest absolute Gasteiger partial charge is 0.478 e. The molecule has 7 nitrogen and oxygen atoms in total. The fourth-order valence-corrected chi connectivity index (χ4v) is 2.55. The molecule has 0 aliphatic carbocycles. The third-order valence-corrected chi connectivity index (χ3v) is 3.79. The Kier molecular flexibility index (Phi) is 3.36. The first-order valence-corrected chi connectivity index (χ1v) is 7.37. The lowest BCUT2D eigenvalue weighted by Gasteiger charge is -2.07. The summed E-state index contributed by atoms with van der Waals surface area (Å²) in [7, 11) is 0. The van der Waals surface area contributed by atoms with Crippen molar-refractivity contribution in [3.63, 3.8) is 0 Å². The number of nitrogens with one attached hydrogen (secondary N) is 2. The van der Waals surface area contributed by atoms with Gasteiger partial charge in [0, 0.05) is 5.69 Å². The first kappa shape index (κ1) is 15.9. The first-order valence-electron chi connectivity index (χ1n) is 7.37. The number of hydrogen-bond acceptors (Lipinski definition) is 4. The van der Waals surface area contributed by atoms with Gasteiger partial charge in [0.25, 0.3) is 5.78 Å². The molecule has 0 saturated heterocycles. The smallest absolute Gasteiger partial charge is 0.416 e. The van der Waals surface area contributed by atoms with Crippen LogP contribution in [0.5, 0.6) is 0 Å². The maximum atomic E-state index is 12.6. The van der Waals surface area contributed by atoms with E-state index in [0.717, 1.165) is 12.1 Å². The molecule has 3 N–H and O–H groups in total. The number of anilines is 2. The van der Waals surface area contributed by atoms with Crippen molar-refractivity contribution in [2.45, 2.75) is 6.18 Å². The molecule has 0 unspecified atom stereocenters. The predicted octanol–water partition coefficient (Wildman–Crippen LogP) is 3.67. The Bertz CT molecular complexity index is 1130. The minimum absolute atomic E-state index is 0.112. The Morgan fingerprint density at radius 2 is 1.85 bits per heavy atom. The summed E-state index contributed by atoms with van der Waals surface area (Å²) in [6, 6.07) is 9.01. The van der Waals surface area contributed by atoms with Crippen LogP contribution >= 0.6 is 0 Å². The predicted molar refractivity (Wildman–Crippen MR) is 86.5 cm³/mol. The quantitative estimate of drug-likeness (QED) is 0.517. The van der Waals surface area contributed by atoms with Crippen LogP contribution in [0.4, 0.5) is 24.8 Å². The third kappa shape index (κ3) is 2.70. The molecule has 0 spiro atoms. The Hall–Kier alpha value is -3.56. The highest BCUT2D eigenvalue weighted by molar-refractivity contribution is 5.93. The fraction of sp³-hybridized carbons (Fsp3) is 0.0625. The molecule has 2 aromatic carbocycles. The Morgan fingerprint density at radius 1 is 1.12 bits per heavy atom. The lowest BCUT2D eigenvalue weighted by atomic mass is 10.2. The molecule has 0 bridgehead atoms. The first-order chi connectivity index (χ1) is 12.3. The average molecular weight is 361 g/mol. The third-order valence-electron chi connectivity index (χ3n) is 3.79. The molecular weight excluding hydrogens is 351 g/mol. The highest BCUT2D eigenvalue weighted by atomic mass is 19.4. The second-order valence-electron chi connectivity index (χ2n) is 5.53. The SMILES string of the molecule is O=C(O)c1ccc2c(c1)nc1nc(Nc3ccc(C(F)(F)F)cc3)[nH]n12. The van der Waals surface area contributed by atoms with Gasteiger partial charge in [-0.05, 0) is 42.5 Å². The summed E-state index contributed by atoms with van der Waals surface area (Å²) in [5, 5.41) is 14.8. The number of carboxylic acids is 1. The van der Waals surface area contributed by atoms with Crippen molar-refractivity contribution in [1.29, 1.82) is 0 Å². The molecule has 0 aliphatic rings. The molecule has 0 atom stereocenters. The van der Waals surface area contributed by atoms with Crippen molar-refractivity contribution in [3.05, 3.63) is 53.6 Å². The number of H-pyrrole nitrogens is 1. The van der Waals surface area contributed by atoms with Crippen molar-refractivity contribution in [2.75, 3.05) is 5.32 Å². The number of aromatic nitrogens is 4. The van der Waals surface area contributed by atoms with Crippen molar-refractivity contribution in [3.8, 4) is 0 Å². The van der Waals surface area contributed by atoms with Crippen molar-refractivity contribution < 1.29 is 23.1 Å². The van der Waals surface area contributed by atoms with E-state index in [1.54, 1.807) is 10.6 Å². The van der Waals surface area contributed by atoms with E-state index in [0.29, 0.717) is 22.5 Å². The van der Waals surface area contributed by atoms with Crippen molar-refractivity contribution in [1.82, 2.24) is 19.6 Å². The molecule has 0 amide bonds. The minimum Gasteiger partial charge on any atom is -0.478 e. The Labute approximate surface area is 143 Å². The van der Waals surface area contributed by atoms with E-state index in [4.69, 9.17) is 5.11 Å². The van der Waals surface area contributed by atoms with Crippen LogP contribution in [0.1, 0.15) is 15.9 Å². The molecule has 4 aromatic rings. The van der Waals surface area contributed by atoms with Gasteiger partial charge in [0.05, 0.1) is 22.2 Å². The zero-order valence-corrected chi connectivity index (χ0v) is 12.9. The maximum absolute atomic E-state index is 12.6. The van der Waals surface area contributed by atoms with E-state index in [1.807, 2.05) is 0 Å². The van der Waals surface area contributed by atoms with E-state index in [2.05, 4.69) is 20.4 Å². The van der Waals surface area contributed by atoms with Crippen LogP contribution < -0.4 is 5.32 Å². The summed E-state index contributed by atoms with van der Waals surface area (Å²) < 4.78 is 39.3. The number of carbonyl (C=O) groups is 1. The topological polar surface area (TPSA) is 95.3 Å². The van der Waals surface area contributed by atoms with Gasteiger partial charge in [0.1, 0.15) is 0 Å². The molecule has 0 radical (unpaired) electrons. The standard InChI is InChI=1S/C16H10F3N5O2/c17-16(18,19)9-2-4-10(5-3-9)20-14-22-15-21-11-7-8(13(25)26)1-6-12(11)24(15)23-14/h1-7H,(H,25,26)(H2,20,21,22,23). The number of aromatic carboxylic acids is 1. The second-order valence-corrected chi connectivity index (χ2v) is 5.53. The molecular formula is C16H10F3N5O2. The van der Waals surface area contributed by atoms with Gasteiger partial charge in [0.2, 0.25) is 5.95 Å². The van der Waals surface area contributed by atoms with Gasteiger partial charge in [-0.2, -0.15) is 18.2 Å². The van der Waals surface area contributed by atoms with Gasteiger partial charge < -0.3 is 10.4 Å². The van der Waals surface area contributed by atoms with Crippen LogP contribution in [-0.2, 0) is 6.18 Å². The number of carboxylic acid groups (broad SMARTS) is 1. The molecule has 4 rings (SSSR count). The van der Waals surface area contributed by atoms with Crippen molar-refractivity contribution >= 4 is 34.4 Å². The number of nitrogens with zero attached hydrogens (tertiary/aromatic N) is 3. The van der Waals surface area contributed by atoms with E-state index < -0.39 is 17.7 Å². The number of aromatic amines is 1. The van der Waals surface area contributed by atoms with E-state index in [-0.39, 0.29) is 11.5 Å². The molecule has 2 heterocycles.